The monoisotopic (exact) mass is 479 g/mol. The Balaban J connectivity index is 1.56. The Hall–Kier alpha value is -3.53. The molecule has 0 fully saturated rings. The molecule has 0 bridgehead atoms. The molecule has 0 spiro atoms. The Bertz CT molecular complexity index is 1350. The van der Waals surface area contributed by atoms with E-state index in [1.165, 1.54) is 30.0 Å². The fourth-order valence-electron chi connectivity index (χ4n) is 4.52. The van der Waals surface area contributed by atoms with Crippen molar-refractivity contribution in [2.24, 2.45) is 5.41 Å². The Morgan fingerprint density at radius 1 is 1.24 bits per heavy atom. The lowest BCUT2D eigenvalue weighted by Crippen LogP contribution is -2.36. The SMILES string of the molecule is CC1(C)CC(=O)C2=C(C1)Nc1nc(SCc3ccccc3F)nn1[C@@H]2c1cccc([N+](=O)[O-])c1. The first-order valence-corrected chi connectivity index (χ1v) is 11.8. The Kier molecular flexibility index (Phi) is 5.47. The maximum atomic E-state index is 14.1. The molecule has 5 rings (SSSR count). The van der Waals surface area contributed by atoms with Crippen molar-refractivity contribution in [2.75, 3.05) is 5.32 Å². The van der Waals surface area contributed by atoms with Gasteiger partial charge in [-0.05, 0) is 29.0 Å². The highest BCUT2D eigenvalue weighted by Gasteiger charge is 2.42. The Morgan fingerprint density at radius 3 is 2.79 bits per heavy atom. The van der Waals surface area contributed by atoms with Gasteiger partial charge >= 0.3 is 0 Å². The van der Waals surface area contributed by atoms with E-state index in [4.69, 9.17) is 0 Å². The molecular formula is C24H22FN5O3S. The molecule has 0 saturated heterocycles. The number of Topliss-reactive ketones (excluding diaryl/α,β-unsaturated/α-hetero) is 1. The highest BCUT2D eigenvalue weighted by molar-refractivity contribution is 7.98. The van der Waals surface area contributed by atoms with Crippen LogP contribution in [0.5, 0.6) is 0 Å². The van der Waals surface area contributed by atoms with Crippen molar-refractivity contribution in [1.82, 2.24) is 14.8 Å². The number of carbonyl (C=O) groups is 1. The Morgan fingerprint density at radius 2 is 2.03 bits per heavy atom. The number of nitrogens with zero attached hydrogens (tertiary/aromatic N) is 4. The van der Waals surface area contributed by atoms with Crippen molar-refractivity contribution in [3.05, 3.63) is 86.9 Å². The number of hydrogen-bond donors (Lipinski definition) is 1. The van der Waals surface area contributed by atoms with Crippen LogP contribution in [0.2, 0.25) is 0 Å². The summed E-state index contributed by atoms with van der Waals surface area (Å²) in [7, 11) is 0. The molecule has 0 amide bonds. The number of carbonyl (C=O) groups excluding carboxylic acids is 1. The number of anilines is 1. The second-order valence-corrected chi connectivity index (χ2v) is 10.2. The first kappa shape index (κ1) is 22.3. The molecule has 0 saturated carbocycles. The third-order valence-electron chi connectivity index (χ3n) is 6.02. The molecule has 0 radical (unpaired) electrons. The molecule has 8 nitrogen and oxygen atoms in total. The van der Waals surface area contributed by atoms with Crippen LogP contribution in [0.3, 0.4) is 0 Å². The third kappa shape index (κ3) is 4.09. The molecule has 1 aliphatic heterocycles. The molecule has 174 valence electrons. The molecule has 34 heavy (non-hydrogen) atoms. The van der Waals surface area contributed by atoms with Crippen LogP contribution >= 0.6 is 11.8 Å². The van der Waals surface area contributed by atoms with E-state index < -0.39 is 11.0 Å². The number of allylic oxidation sites excluding steroid dienone is 2. The third-order valence-corrected chi connectivity index (χ3v) is 6.91. The van der Waals surface area contributed by atoms with Gasteiger partial charge in [0.1, 0.15) is 11.9 Å². The van der Waals surface area contributed by atoms with Crippen LogP contribution in [0.15, 0.2) is 65.0 Å². The zero-order valence-electron chi connectivity index (χ0n) is 18.6. The number of thioether (sulfide) groups is 1. The summed E-state index contributed by atoms with van der Waals surface area (Å²) >= 11 is 1.29. The molecule has 1 aromatic heterocycles. The van der Waals surface area contributed by atoms with Gasteiger partial charge in [0, 0.05) is 35.6 Å². The fraction of sp³-hybridized carbons (Fsp3) is 0.292. The lowest BCUT2D eigenvalue weighted by atomic mass is 9.73. The number of ketones is 1. The van der Waals surface area contributed by atoms with Gasteiger partial charge in [-0.3, -0.25) is 14.9 Å². The number of aromatic nitrogens is 3. The first-order valence-electron chi connectivity index (χ1n) is 10.8. The molecule has 0 unspecified atom stereocenters. The number of rotatable bonds is 5. The summed E-state index contributed by atoms with van der Waals surface area (Å²) in [5.41, 5.74) is 2.18. The van der Waals surface area contributed by atoms with E-state index in [0.29, 0.717) is 46.4 Å². The zero-order chi connectivity index (χ0) is 24.0. The van der Waals surface area contributed by atoms with Gasteiger partial charge in [-0.15, -0.1) is 5.10 Å². The van der Waals surface area contributed by atoms with Gasteiger partial charge in [-0.1, -0.05) is 55.9 Å². The van der Waals surface area contributed by atoms with Gasteiger partial charge in [0.25, 0.3) is 5.69 Å². The zero-order valence-corrected chi connectivity index (χ0v) is 19.4. The molecule has 1 aliphatic carbocycles. The number of nitro benzene ring substituents is 1. The number of hydrogen-bond acceptors (Lipinski definition) is 7. The number of nitro groups is 1. The standard InChI is InChI=1S/C24H22FN5O3S/c1-24(2)11-18-20(19(31)12-24)21(14-7-5-8-16(10-14)30(32)33)29-22(26-18)27-23(28-29)34-13-15-6-3-4-9-17(15)25/h3-10,21H,11-13H2,1-2H3,(H,26,27,28)/t21-/m1/s1. The quantitative estimate of drug-likeness (QED) is 0.302. The summed E-state index contributed by atoms with van der Waals surface area (Å²) in [6.45, 7) is 4.07. The van der Waals surface area contributed by atoms with Gasteiger partial charge in [0.15, 0.2) is 5.78 Å². The average molecular weight is 480 g/mol. The van der Waals surface area contributed by atoms with E-state index in [-0.39, 0.29) is 22.7 Å². The summed E-state index contributed by atoms with van der Waals surface area (Å²) < 4.78 is 15.7. The predicted octanol–water partition coefficient (Wildman–Crippen LogP) is 5.28. The van der Waals surface area contributed by atoms with E-state index in [1.807, 2.05) is 13.8 Å². The van der Waals surface area contributed by atoms with Crippen LogP contribution in [-0.2, 0) is 10.5 Å². The average Bonchev–Trinajstić information content (AvgIpc) is 3.18. The second kappa shape index (κ2) is 8.35. The number of halogens is 1. The van der Waals surface area contributed by atoms with Gasteiger partial charge in [0.05, 0.1) is 4.92 Å². The van der Waals surface area contributed by atoms with Crippen molar-refractivity contribution in [1.29, 1.82) is 0 Å². The lowest BCUT2D eigenvalue weighted by Gasteiger charge is -2.38. The van der Waals surface area contributed by atoms with Crippen molar-refractivity contribution < 1.29 is 14.1 Å². The van der Waals surface area contributed by atoms with Crippen LogP contribution in [0.25, 0.3) is 0 Å². The van der Waals surface area contributed by atoms with Crippen LogP contribution in [0.4, 0.5) is 16.0 Å². The molecule has 10 heteroatoms. The maximum absolute atomic E-state index is 14.1. The molecule has 1 N–H and O–H groups in total. The summed E-state index contributed by atoms with van der Waals surface area (Å²) in [5, 5.41) is 19.7. The summed E-state index contributed by atoms with van der Waals surface area (Å²) in [5.74, 6) is 0.488. The van der Waals surface area contributed by atoms with Crippen molar-refractivity contribution >= 4 is 29.2 Å². The van der Waals surface area contributed by atoms with Gasteiger partial charge in [-0.2, -0.15) is 4.98 Å². The molecule has 2 aromatic carbocycles. The maximum Gasteiger partial charge on any atom is 0.269 e. The molecule has 1 atom stereocenters. The van der Waals surface area contributed by atoms with Crippen LogP contribution in [-0.4, -0.2) is 25.5 Å². The lowest BCUT2D eigenvalue weighted by molar-refractivity contribution is -0.384. The van der Waals surface area contributed by atoms with Gasteiger partial charge < -0.3 is 5.32 Å². The molecule has 3 aromatic rings. The van der Waals surface area contributed by atoms with E-state index in [0.717, 1.165) is 5.70 Å². The second-order valence-electron chi connectivity index (χ2n) is 9.26. The van der Waals surface area contributed by atoms with Crippen molar-refractivity contribution in [3.8, 4) is 0 Å². The van der Waals surface area contributed by atoms with Crippen LogP contribution in [0, 0.1) is 21.3 Å². The van der Waals surface area contributed by atoms with Gasteiger partial charge in [0.2, 0.25) is 11.1 Å². The number of fused-ring (bicyclic) bond motifs is 1. The van der Waals surface area contributed by atoms with Crippen molar-refractivity contribution in [3.63, 3.8) is 0 Å². The first-order chi connectivity index (χ1) is 16.2. The fourth-order valence-corrected chi connectivity index (χ4v) is 5.34. The molecule has 2 aliphatic rings. The smallest absolute Gasteiger partial charge is 0.269 e. The topological polar surface area (TPSA) is 103 Å². The highest BCUT2D eigenvalue weighted by Crippen LogP contribution is 2.46. The normalized spacial score (nSPS) is 18.8. The highest BCUT2D eigenvalue weighted by atomic mass is 32.2. The van der Waals surface area contributed by atoms with Crippen molar-refractivity contribution in [2.45, 2.75) is 43.6 Å². The van der Waals surface area contributed by atoms with Gasteiger partial charge in [-0.25, -0.2) is 9.07 Å². The minimum atomic E-state index is -0.634. The van der Waals surface area contributed by atoms with E-state index >= 15 is 0 Å². The van der Waals surface area contributed by atoms with E-state index in [9.17, 15) is 19.3 Å². The van der Waals surface area contributed by atoms with Crippen LogP contribution < -0.4 is 5.32 Å². The number of benzene rings is 2. The van der Waals surface area contributed by atoms with E-state index in [2.05, 4.69) is 15.4 Å². The number of nitrogens with one attached hydrogen (secondary N) is 1. The van der Waals surface area contributed by atoms with E-state index in [1.54, 1.807) is 35.0 Å². The summed E-state index contributed by atoms with van der Waals surface area (Å²) in [6, 6.07) is 12.2. The Labute approximate surface area is 199 Å². The minimum Gasteiger partial charge on any atom is -0.328 e. The predicted molar refractivity (Wildman–Crippen MR) is 126 cm³/mol. The summed E-state index contributed by atoms with van der Waals surface area (Å²) in [6.07, 6.45) is 1.02. The molecule has 2 heterocycles. The largest absolute Gasteiger partial charge is 0.328 e. The molecular weight excluding hydrogens is 457 g/mol. The minimum absolute atomic E-state index is 0.0167. The number of non-ortho nitro benzene ring substituents is 1. The summed E-state index contributed by atoms with van der Waals surface area (Å²) in [4.78, 5) is 28.8. The van der Waals surface area contributed by atoms with Crippen LogP contribution in [0.1, 0.15) is 43.9 Å².